The number of primary amides is 1. The van der Waals surface area contributed by atoms with Crippen LogP contribution in [0.15, 0.2) is 23.3 Å². The minimum absolute atomic E-state index is 0.324. The van der Waals surface area contributed by atoms with Crippen molar-refractivity contribution in [1.29, 1.82) is 0 Å². The van der Waals surface area contributed by atoms with Crippen molar-refractivity contribution in [3.63, 3.8) is 0 Å². The van der Waals surface area contributed by atoms with Crippen molar-refractivity contribution in [2.45, 2.75) is 5.33 Å². The van der Waals surface area contributed by atoms with E-state index in [0.29, 0.717) is 16.5 Å². The Morgan fingerprint density at radius 2 is 2.40 bits per heavy atom. The first-order valence-corrected chi connectivity index (χ1v) is 5.19. The van der Waals surface area contributed by atoms with E-state index >= 15 is 0 Å². The van der Waals surface area contributed by atoms with Crippen molar-refractivity contribution in [2.24, 2.45) is 10.8 Å². The summed E-state index contributed by atoms with van der Waals surface area (Å²) in [7, 11) is 0. The molecule has 15 heavy (non-hydrogen) atoms. The Balaban J connectivity index is 2.89. The first-order chi connectivity index (χ1) is 7.15. The van der Waals surface area contributed by atoms with Gasteiger partial charge in [0.2, 0.25) is 0 Å². The Hall–Kier alpha value is -1.43. The van der Waals surface area contributed by atoms with Crippen LogP contribution in [0.5, 0.6) is 0 Å². The van der Waals surface area contributed by atoms with E-state index in [1.807, 2.05) is 5.43 Å². The molecular formula is C9H9BrFN3O. The predicted octanol–water partition coefficient (Wildman–Crippen LogP) is 1.72. The largest absolute Gasteiger partial charge is 0.350 e. The highest BCUT2D eigenvalue weighted by Crippen LogP contribution is 2.14. The van der Waals surface area contributed by atoms with Crippen LogP contribution in [-0.2, 0) is 5.33 Å². The molecule has 0 aliphatic carbocycles. The predicted molar refractivity (Wildman–Crippen MR) is 59.3 cm³/mol. The van der Waals surface area contributed by atoms with Gasteiger partial charge in [0.25, 0.3) is 0 Å². The maximum Gasteiger partial charge on any atom is 0.332 e. The van der Waals surface area contributed by atoms with Gasteiger partial charge in [0.05, 0.1) is 6.21 Å². The topological polar surface area (TPSA) is 67.5 Å². The van der Waals surface area contributed by atoms with Gasteiger partial charge in [-0.05, 0) is 6.07 Å². The first kappa shape index (κ1) is 11.6. The zero-order valence-electron chi connectivity index (χ0n) is 7.71. The van der Waals surface area contributed by atoms with E-state index in [2.05, 4.69) is 21.0 Å². The number of carbonyl (C=O) groups is 1. The maximum absolute atomic E-state index is 13.2. The zero-order valence-corrected chi connectivity index (χ0v) is 9.29. The second-order valence-corrected chi connectivity index (χ2v) is 3.24. The Kier molecular flexibility index (Phi) is 4.23. The van der Waals surface area contributed by atoms with Gasteiger partial charge < -0.3 is 5.73 Å². The summed E-state index contributed by atoms with van der Waals surface area (Å²) >= 11 is 3.17. The van der Waals surface area contributed by atoms with Gasteiger partial charge in [-0.15, -0.1) is 0 Å². The molecule has 0 unspecified atom stereocenters. The van der Waals surface area contributed by atoms with Crippen LogP contribution in [-0.4, -0.2) is 12.2 Å². The molecule has 4 nitrogen and oxygen atoms in total. The highest BCUT2D eigenvalue weighted by atomic mass is 79.9. The second kappa shape index (κ2) is 5.45. The molecule has 0 fully saturated rings. The third kappa shape index (κ3) is 3.32. The maximum atomic E-state index is 13.2. The van der Waals surface area contributed by atoms with Crippen molar-refractivity contribution in [2.75, 3.05) is 0 Å². The number of hydrogen-bond acceptors (Lipinski definition) is 2. The highest BCUT2D eigenvalue weighted by Gasteiger charge is 2.04. The molecule has 0 saturated carbocycles. The molecule has 0 aromatic heterocycles. The number of amides is 2. The number of hydrogen-bond donors (Lipinski definition) is 2. The quantitative estimate of drug-likeness (QED) is 0.492. The monoisotopic (exact) mass is 273 g/mol. The van der Waals surface area contributed by atoms with Crippen LogP contribution >= 0.6 is 15.9 Å². The average Bonchev–Trinajstić information content (AvgIpc) is 2.17. The zero-order chi connectivity index (χ0) is 11.3. The molecule has 0 saturated heterocycles. The number of nitrogens with one attached hydrogen (secondary N) is 1. The summed E-state index contributed by atoms with van der Waals surface area (Å²) in [4.78, 5) is 10.3. The normalized spacial score (nSPS) is 10.5. The van der Waals surface area contributed by atoms with E-state index in [-0.39, 0.29) is 5.82 Å². The fourth-order valence-electron chi connectivity index (χ4n) is 1.00. The molecule has 3 N–H and O–H groups in total. The van der Waals surface area contributed by atoms with Crippen LogP contribution in [0.2, 0.25) is 0 Å². The van der Waals surface area contributed by atoms with E-state index < -0.39 is 6.03 Å². The van der Waals surface area contributed by atoms with Gasteiger partial charge in [0, 0.05) is 16.5 Å². The third-order valence-electron chi connectivity index (χ3n) is 1.67. The number of carbonyl (C=O) groups excluding carboxylic acids is 1. The fourth-order valence-corrected chi connectivity index (χ4v) is 1.59. The van der Waals surface area contributed by atoms with Gasteiger partial charge in [0.1, 0.15) is 5.82 Å². The van der Waals surface area contributed by atoms with Crippen molar-refractivity contribution in [3.8, 4) is 0 Å². The van der Waals surface area contributed by atoms with Gasteiger partial charge in [-0.3, -0.25) is 0 Å². The number of nitrogens with zero attached hydrogens (tertiary/aromatic N) is 1. The number of alkyl halides is 1. The molecule has 1 aromatic rings. The lowest BCUT2D eigenvalue weighted by Gasteiger charge is -2.02. The average molecular weight is 274 g/mol. The van der Waals surface area contributed by atoms with E-state index in [9.17, 15) is 9.18 Å². The summed E-state index contributed by atoms with van der Waals surface area (Å²) < 4.78 is 13.2. The molecule has 0 aliphatic heterocycles. The molecule has 0 spiro atoms. The van der Waals surface area contributed by atoms with Crippen molar-refractivity contribution >= 4 is 28.2 Å². The van der Waals surface area contributed by atoms with Crippen LogP contribution in [0.1, 0.15) is 11.1 Å². The van der Waals surface area contributed by atoms with Crippen LogP contribution in [0.25, 0.3) is 0 Å². The van der Waals surface area contributed by atoms with Crippen LogP contribution < -0.4 is 11.2 Å². The lowest BCUT2D eigenvalue weighted by molar-refractivity contribution is 0.249. The summed E-state index contributed by atoms with van der Waals surface area (Å²) in [5.41, 5.74) is 7.91. The molecule has 0 aliphatic rings. The molecule has 2 amide bonds. The highest BCUT2D eigenvalue weighted by molar-refractivity contribution is 9.08. The van der Waals surface area contributed by atoms with Crippen molar-refractivity contribution < 1.29 is 9.18 Å². The van der Waals surface area contributed by atoms with Crippen LogP contribution in [0.4, 0.5) is 9.18 Å². The van der Waals surface area contributed by atoms with Gasteiger partial charge in [-0.1, -0.05) is 28.1 Å². The Bertz CT molecular complexity index is 395. The van der Waals surface area contributed by atoms with E-state index in [0.717, 1.165) is 0 Å². The van der Waals surface area contributed by atoms with Gasteiger partial charge in [0.15, 0.2) is 0 Å². The third-order valence-corrected chi connectivity index (χ3v) is 2.23. The molecule has 1 aromatic carbocycles. The SMILES string of the molecule is NC(=O)NN=Cc1cccc(F)c1CBr. The molecule has 0 bridgehead atoms. The number of urea groups is 1. The van der Waals surface area contributed by atoms with Crippen molar-refractivity contribution in [3.05, 3.63) is 35.1 Å². The van der Waals surface area contributed by atoms with Gasteiger partial charge in [-0.25, -0.2) is 14.6 Å². The second-order valence-electron chi connectivity index (χ2n) is 2.68. The molecule has 0 heterocycles. The lowest BCUT2D eigenvalue weighted by atomic mass is 10.1. The molecule has 0 radical (unpaired) electrons. The van der Waals surface area contributed by atoms with E-state index in [1.165, 1.54) is 12.3 Å². The summed E-state index contributed by atoms with van der Waals surface area (Å²) in [5.74, 6) is -0.324. The van der Waals surface area contributed by atoms with E-state index in [4.69, 9.17) is 5.73 Å². The minimum Gasteiger partial charge on any atom is -0.350 e. The van der Waals surface area contributed by atoms with E-state index in [1.54, 1.807) is 12.1 Å². The lowest BCUT2D eigenvalue weighted by Crippen LogP contribution is -2.24. The Morgan fingerprint density at radius 3 is 3.00 bits per heavy atom. The standard InChI is InChI=1S/C9H9BrFN3O/c10-4-7-6(2-1-3-8(7)11)5-13-14-9(12)15/h1-3,5H,4H2,(H3,12,14,15). The van der Waals surface area contributed by atoms with Crippen LogP contribution in [0, 0.1) is 5.82 Å². The number of hydrazone groups is 1. The molecule has 80 valence electrons. The van der Waals surface area contributed by atoms with Crippen molar-refractivity contribution in [1.82, 2.24) is 5.43 Å². The number of halogens is 2. The van der Waals surface area contributed by atoms with Gasteiger partial charge >= 0.3 is 6.03 Å². The summed E-state index contributed by atoms with van der Waals surface area (Å²) in [6.45, 7) is 0. The minimum atomic E-state index is -0.761. The molecule has 0 atom stereocenters. The first-order valence-electron chi connectivity index (χ1n) is 4.07. The summed E-state index contributed by atoms with van der Waals surface area (Å²) in [6, 6.07) is 3.84. The molecular weight excluding hydrogens is 265 g/mol. The smallest absolute Gasteiger partial charge is 0.332 e. The number of benzene rings is 1. The van der Waals surface area contributed by atoms with Gasteiger partial charge in [-0.2, -0.15) is 5.10 Å². The molecule has 6 heteroatoms. The Morgan fingerprint density at radius 1 is 1.67 bits per heavy atom. The van der Waals surface area contributed by atoms with Crippen LogP contribution in [0.3, 0.4) is 0 Å². The molecule has 1 rings (SSSR count). The number of nitrogens with two attached hydrogens (primary N) is 1. The summed E-state index contributed by atoms with van der Waals surface area (Å²) in [6.07, 6.45) is 1.34. The summed E-state index contributed by atoms with van der Waals surface area (Å²) in [5, 5.41) is 3.93. The Labute approximate surface area is 94.5 Å². The fraction of sp³-hybridized carbons (Fsp3) is 0.111. The number of rotatable bonds is 3.